The first-order valence-electron chi connectivity index (χ1n) is 11.6. The Morgan fingerprint density at radius 2 is 1.68 bits per heavy atom. The molecule has 8 heteroatoms. The summed E-state index contributed by atoms with van der Waals surface area (Å²) in [6.07, 6.45) is -0.224. The largest absolute Gasteiger partial charge is 0.493 e. The van der Waals surface area contributed by atoms with Gasteiger partial charge < -0.3 is 14.6 Å². The van der Waals surface area contributed by atoms with Crippen LogP contribution in [0.1, 0.15) is 56.2 Å². The average molecular weight is 484 g/mol. The number of aliphatic hydroxyl groups excluding tert-OH is 1. The highest BCUT2D eigenvalue weighted by molar-refractivity contribution is 5.39. The lowest BCUT2D eigenvalue weighted by Crippen LogP contribution is -2.34. The second kappa shape index (κ2) is 13.7. The first kappa shape index (κ1) is 28.1. The molecule has 0 bridgehead atoms. The summed E-state index contributed by atoms with van der Waals surface area (Å²) in [7, 11) is 0. The Balaban J connectivity index is 1.86. The quantitative estimate of drug-likeness (QED) is 0.194. The minimum absolute atomic E-state index is 0.150. The molecule has 1 unspecified atom stereocenters. The molecule has 0 saturated carbocycles. The molecule has 0 spiro atoms. The Hall–Kier alpha value is -2.13. The fourth-order valence-electron chi connectivity index (χ4n) is 3.47. The predicted octanol–water partition coefficient (Wildman–Crippen LogP) is 5.68. The van der Waals surface area contributed by atoms with E-state index in [2.05, 4.69) is 12.1 Å². The maximum absolute atomic E-state index is 13.6. The van der Waals surface area contributed by atoms with Crippen molar-refractivity contribution in [3.8, 4) is 5.75 Å². The van der Waals surface area contributed by atoms with E-state index in [1.165, 1.54) is 11.6 Å². The summed E-state index contributed by atoms with van der Waals surface area (Å²) in [4.78, 5) is 4.69. The van der Waals surface area contributed by atoms with Gasteiger partial charge in [0.1, 0.15) is 5.75 Å². The van der Waals surface area contributed by atoms with Crippen LogP contribution in [0.3, 0.4) is 0 Å². The Morgan fingerprint density at radius 3 is 2.32 bits per heavy atom. The lowest BCUT2D eigenvalue weighted by Gasteiger charge is -2.25. The highest BCUT2D eigenvalue weighted by Gasteiger charge is 2.34. The van der Waals surface area contributed by atoms with Gasteiger partial charge in [0, 0.05) is 12.5 Å². The first-order chi connectivity index (χ1) is 16.1. The molecule has 2 aromatic rings. The number of ether oxygens (including phenoxy) is 2. The second-order valence-corrected chi connectivity index (χ2v) is 8.89. The van der Waals surface area contributed by atoms with Crippen LogP contribution in [0.15, 0.2) is 48.5 Å². The maximum atomic E-state index is 13.6. The molecule has 190 valence electrons. The summed E-state index contributed by atoms with van der Waals surface area (Å²) in [6, 6.07) is 14.3. The van der Waals surface area contributed by atoms with Gasteiger partial charge in [0.05, 0.1) is 18.8 Å². The molecule has 0 aromatic heterocycles. The Labute approximate surface area is 200 Å². The second-order valence-electron chi connectivity index (χ2n) is 8.89. The third-order valence-corrected chi connectivity index (χ3v) is 5.61. The van der Waals surface area contributed by atoms with Gasteiger partial charge in [-0.25, -0.2) is 5.90 Å². The Bertz CT molecular complexity index is 844. The molecule has 0 amide bonds. The van der Waals surface area contributed by atoms with E-state index >= 15 is 0 Å². The van der Waals surface area contributed by atoms with Crippen molar-refractivity contribution in [1.82, 2.24) is 0 Å². The van der Waals surface area contributed by atoms with Gasteiger partial charge in [-0.2, -0.15) is 13.2 Å². The zero-order valence-corrected chi connectivity index (χ0v) is 19.9. The normalized spacial score (nSPS) is 13.1. The van der Waals surface area contributed by atoms with Crippen LogP contribution in [0.5, 0.6) is 5.75 Å². The molecule has 2 rings (SSSR count). The maximum Gasteiger partial charge on any atom is 0.419 e. The van der Waals surface area contributed by atoms with Crippen LogP contribution >= 0.6 is 0 Å². The number of alkyl halides is 3. The minimum atomic E-state index is -4.51. The van der Waals surface area contributed by atoms with Crippen molar-refractivity contribution in [1.29, 1.82) is 0 Å². The van der Waals surface area contributed by atoms with Gasteiger partial charge in [0.2, 0.25) is 0 Å². The molecular formula is C26H36F3NO4. The molecule has 0 aliphatic heterocycles. The van der Waals surface area contributed by atoms with Gasteiger partial charge in [-0.15, -0.1) is 0 Å². The highest BCUT2D eigenvalue weighted by atomic mass is 19.4. The number of aryl methyl sites for hydroxylation is 2. The molecule has 0 radical (unpaired) electrons. The monoisotopic (exact) mass is 483 g/mol. The number of hydrogen-bond donors (Lipinski definition) is 2. The van der Waals surface area contributed by atoms with E-state index in [0.29, 0.717) is 24.8 Å². The zero-order chi connectivity index (χ0) is 25.0. The van der Waals surface area contributed by atoms with Gasteiger partial charge >= 0.3 is 6.18 Å². The molecule has 0 heterocycles. The Kier molecular flexibility index (Phi) is 11.3. The smallest absolute Gasteiger partial charge is 0.419 e. The molecule has 3 N–H and O–H groups in total. The topological polar surface area (TPSA) is 73.9 Å². The van der Waals surface area contributed by atoms with Crippen LogP contribution < -0.4 is 10.6 Å². The van der Waals surface area contributed by atoms with Crippen molar-refractivity contribution < 1.29 is 32.6 Å². The number of unbranched alkanes of at least 4 members (excludes halogenated alkanes) is 2. The summed E-state index contributed by atoms with van der Waals surface area (Å²) >= 11 is 0. The lowest BCUT2D eigenvalue weighted by molar-refractivity contribution is -0.223. The van der Waals surface area contributed by atoms with Crippen LogP contribution in [0.25, 0.3) is 0 Å². The molecule has 5 nitrogen and oxygen atoms in total. The van der Waals surface area contributed by atoms with Crippen LogP contribution in [0.2, 0.25) is 0 Å². The molecule has 34 heavy (non-hydrogen) atoms. The fraction of sp³-hybridized carbons (Fsp3) is 0.538. The van der Waals surface area contributed by atoms with Crippen LogP contribution in [0, 0.1) is 5.92 Å². The summed E-state index contributed by atoms with van der Waals surface area (Å²) < 4.78 is 51.9. The Morgan fingerprint density at radius 1 is 0.941 bits per heavy atom. The van der Waals surface area contributed by atoms with Gasteiger partial charge in [-0.05, 0) is 75.6 Å². The van der Waals surface area contributed by atoms with Crippen molar-refractivity contribution in [2.45, 2.75) is 64.3 Å². The molecule has 2 aromatic carbocycles. The van der Waals surface area contributed by atoms with Crippen molar-refractivity contribution in [2.24, 2.45) is 11.8 Å². The molecule has 0 fully saturated rings. The van der Waals surface area contributed by atoms with Gasteiger partial charge in [-0.3, -0.25) is 4.84 Å². The van der Waals surface area contributed by atoms with Gasteiger partial charge in [0.15, 0.2) is 5.79 Å². The SMILES string of the molecule is CC(C)(ON)OCC(CO)CCc1ccc(OCCCCCc2ccccc2)c(C(F)(F)F)c1. The van der Waals surface area contributed by atoms with Crippen molar-refractivity contribution in [2.75, 3.05) is 19.8 Å². The van der Waals surface area contributed by atoms with Crippen molar-refractivity contribution in [3.05, 3.63) is 65.2 Å². The van der Waals surface area contributed by atoms with E-state index in [0.717, 1.165) is 25.3 Å². The standard InChI is InChI=1S/C26H36F3NO4/c1-25(2,34-30)33-19-22(18-31)13-12-21-14-15-24(23(17-21)26(27,28)29)32-16-8-4-7-11-20-9-5-3-6-10-20/h3,5-6,9-10,14-15,17,22,31H,4,7-8,11-13,16,18-19,30H2,1-2H3. The number of halogens is 3. The minimum Gasteiger partial charge on any atom is -0.493 e. The lowest BCUT2D eigenvalue weighted by atomic mass is 9.99. The molecule has 0 aliphatic rings. The number of nitrogens with two attached hydrogens (primary N) is 1. The first-order valence-corrected chi connectivity index (χ1v) is 11.6. The van der Waals surface area contributed by atoms with Crippen molar-refractivity contribution >= 4 is 0 Å². The summed E-state index contributed by atoms with van der Waals surface area (Å²) in [6.45, 7) is 3.54. The summed E-state index contributed by atoms with van der Waals surface area (Å²) in [5.41, 5.74) is 1.00. The van der Waals surface area contributed by atoms with E-state index in [4.69, 9.17) is 20.2 Å². The zero-order valence-electron chi connectivity index (χ0n) is 19.9. The fourth-order valence-corrected chi connectivity index (χ4v) is 3.47. The van der Waals surface area contributed by atoms with E-state index in [1.54, 1.807) is 19.9 Å². The van der Waals surface area contributed by atoms with E-state index in [-0.39, 0.29) is 31.5 Å². The molecule has 1 atom stereocenters. The summed E-state index contributed by atoms with van der Waals surface area (Å²) in [5, 5.41) is 9.57. The number of aliphatic hydroxyl groups is 1. The van der Waals surface area contributed by atoms with Crippen LogP contribution in [-0.2, 0) is 28.6 Å². The molecule has 0 aliphatic carbocycles. The van der Waals surface area contributed by atoms with E-state index in [1.807, 2.05) is 18.2 Å². The predicted molar refractivity (Wildman–Crippen MR) is 125 cm³/mol. The van der Waals surface area contributed by atoms with Crippen LogP contribution in [-0.4, -0.2) is 30.7 Å². The van der Waals surface area contributed by atoms with Crippen LogP contribution in [0.4, 0.5) is 13.2 Å². The molecular weight excluding hydrogens is 447 g/mol. The third kappa shape index (κ3) is 10.0. The van der Waals surface area contributed by atoms with Gasteiger partial charge in [-0.1, -0.05) is 36.4 Å². The highest BCUT2D eigenvalue weighted by Crippen LogP contribution is 2.37. The van der Waals surface area contributed by atoms with E-state index in [9.17, 15) is 18.3 Å². The third-order valence-electron chi connectivity index (χ3n) is 5.61. The van der Waals surface area contributed by atoms with E-state index < -0.39 is 17.5 Å². The molecule has 0 saturated heterocycles. The van der Waals surface area contributed by atoms with Gasteiger partial charge in [0.25, 0.3) is 0 Å². The number of benzene rings is 2. The number of hydrogen-bond acceptors (Lipinski definition) is 5. The summed E-state index contributed by atoms with van der Waals surface area (Å²) in [5.74, 6) is 3.74. The number of rotatable bonds is 15. The average Bonchev–Trinajstić information content (AvgIpc) is 2.82. The van der Waals surface area contributed by atoms with Crippen molar-refractivity contribution in [3.63, 3.8) is 0 Å².